The molecule has 1 saturated heterocycles. The lowest BCUT2D eigenvalue weighted by molar-refractivity contribution is 0.102. The number of aromatic nitrogens is 5. The Hall–Kier alpha value is -3.89. The van der Waals surface area contributed by atoms with E-state index < -0.39 is 0 Å². The number of hydrazine groups is 1. The second kappa shape index (κ2) is 8.81. The quantitative estimate of drug-likeness (QED) is 0.310. The average Bonchev–Trinajstić information content (AvgIpc) is 3.51. The van der Waals surface area contributed by atoms with Crippen molar-refractivity contribution in [2.75, 3.05) is 17.2 Å². The molecular weight excluding hydrogens is 430 g/mol. The molecule has 34 heavy (non-hydrogen) atoms. The van der Waals surface area contributed by atoms with Gasteiger partial charge in [0.15, 0.2) is 5.82 Å². The molecule has 0 radical (unpaired) electrons. The molecule has 4 aromatic rings. The van der Waals surface area contributed by atoms with Crippen molar-refractivity contribution < 1.29 is 4.79 Å². The highest BCUT2D eigenvalue weighted by atomic mass is 16.1. The van der Waals surface area contributed by atoms with Gasteiger partial charge in [-0.25, -0.2) is 9.97 Å². The van der Waals surface area contributed by atoms with Crippen LogP contribution in [0.4, 0.5) is 11.5 Å². The van der Waals surface area contributed by atoms with Gasteiger partial charge in [-0.3, -0.25) is 15.6 Å². The zero-order valence-electron chi connectivity index (χ0n) is 18.5. The number of anilines is 2. The molecule has 1 saturated carbocycles. The highest BCUT2D eigenvalue weighted by molar-refractivity contribution is 6.06. The van der Waals surface area contributed by atoms with Crippen LogP contribution in [-0.4, -0.2) is 49.7 Å². The summed E-state index contributed by atoms with van der Waals surface area (Å²) in [5.74, 6) is 1.91. The van der Waals surface area contributed by atoms with Gasteiger partial charge in [0.05, 0.1) is 18.1 Å². The van der Waals surface area contributed by atoms with Crippen LogP contribution in [-0.2, 0) is 0 Å². The van der Waals surface area contributed by atoms with Crippen LogP contribution < -0.4 is 21.5 Å². The monoisotopic (exact) mass is 455 g/mol. The van der Waals surface area contributed by atoms with Gasteiger partial charge >= 0.3 is 0 Å². The largest absolute Gasteiger partial charge is 0.367 e. The number of rotatable bonds is 5. The van der Waals surface area contributed by atoms with Gasteiger partial charge in [-0.2, -0.15) is 10.2 Å². The minimum absolute atomic E-state index is 0.240. The molecule has 1 amide bonds. The maximum Gasteiger partial charge on any atom is 0.272 e. The highest BCUT2D eigenvalue weighted by Gasteiger charge is 2.33. The number of hydrogen-bond acceptors (Lipinski definition) is 8. The number of benzene rings is 1. The molecule has 0 spiro atoms. The van der Waals surface area contributed by atoms with E-state index in [0.29, 0.717) is 35.2 Å². The Bertz CT molecular complexity index is 1320. The fraction of sp³-hybridized carbons (Fsp3) is 0.292. The van der Waals surface area contributed by atoms with E-state index in [0.717, 1.165) is 48.1 Å². The SMILES string of the molecule is O=C(Nc1ccnnc1)c1cc2cc(-c3nccc(NC4CCC5NNCC5C4)n3)ccc2[nH]1. The molecule has 5 N–H and O–H groups in total. The zero-order chi connectivity index (χ0) is 22.9. The van der Waals surface area contributed by atoms with Gasteiger partial charge in [0, 0.05) is 41.3 Å². The maximum absolute atomic E-state index is 12.6. The van der Waals surface area contributed by atoms with E-state index in [1.807, 2.05) is 30.3 Å². The molecule has 3 atom stereocenters. The van der Waals surface area contributed by atoms with Crippen LogP contribution in [0.5, 0.6) is 0 Å². The van der Waals surface area contributed by atoms with Crippen molar-refractivity contribution in [3.63, 3.8) is 0 Å². The molecule has 172 valence electrons. The number of nitrogens with zero attached hydrogens (tertiary/aromatic N) is 4. The molecule has 10 heteroatoms. The normalized spacial score (nSPS) is 21.8. The van der Waals surface area contributed by atoms with Gasteiger partial charge in [-0.1, -0.05) is 0 Å². The lowest BCUT2D eigenvalue weighted by Gasteiger charge is -2.31. The first kappa shape index (κ1) is 20.7. The molecule has 1 aromatic carbocycles. The molecule has 0 bridgehead atoms. The lowest BCUT2D eigenvalue weighted by atomic mass is 9.83. The Balaban J connectivity index is 1.19. The number of carbonyl (C=O) groups is 1. The number of nitrogens with one attached hydrogen (secondary N) is 5. The minimum Gasteiger partial charge on any atom is -0.367 e. The molecule has 10 nitrogen and oxygen atoms in total. The van der Waals surface area contributed by atoms with Crippen LogP contribution in [0.15, 0.2) is 55.0 Å². The minimum atomic E-state index is -0.240. The number of fused-ring (bicyclic) bond motifs is 2. The Morgan fingerprint density at radius 3 is 2.94 bits per heavy atom. The number of amides is 1. The Morgan fingerprint density at radius 1 is 1.06 bits per heavy atom. The van der Waals surface area contributed by atoms with Gasteiger partial charge in [-0.15, -0.1) is 0 Å². The van der Waals surface area contributed by atoms with Crippen molar-refractivity contribution in [3.8, 4) is 11.4 Å². The topological polar surface area (TPSA) is 133 Å². The zero-order valence-corrected chi connectivity index (χ0v) is 18.5. The van der Waals surface area contributed by atoms with E-state index >= 15 is 0 Å². The predicted octanol–water partition coefficient (Wildman–Crippen LogP) is 2.72. The van der Waals surface area contributed by atoms with Gasteiger partial charge in [0.2, 0.25) is 0 Å². The first-order chi connectivity index (χ1) is 16.7. The summed E-state index contributed by atoms with van der Waals surface area (Å²) < 4.78 is 0. The average molecular weight is 456 g/mol. The van der Waals surface area contributed by atoms with Crippen molar-refractivity contribution in [3.05, 3.63) is 60.7 Å². The first-order valence-electron chi connectivity index (χ1n) is 11.5. The van der Waals surface area contributed by atoms with Crippen molar-refractivity contribution in [2.45, 2.75) is 31.3 Å². The summed E-state index contributed by atoms with van der Waals surface area (Å²) >= 11 is 0. The molecule has 2 aliphatic rings. The lowest BCUT2D eigenvalue weighted by Crippen LogP contribution is -2.39. The second-order valence-corrected chi connectivity index (χ2v) is 8.88. The van der Waals surface area contributed by atoms with Crippen LogP contribution in [0.2, 0.25) is 0 Å². The van der Waals surface area contributed by atoms with Crippen molar-refractivity contribution >= 4 is 28.3 Å². The molecule has 1 aliphatic carbocycles. The third kappa shape index (κ3) is 4.20. The van der Waals surface area contributed by atoms with E-state index in [-0.39, 0.29) is 5.91 Å². The van der Waals surface area contributed by atoms with Crippen molar-refractivity contribution in [1.82, 2.24) is 36.0 Å². The standard InChI is InChI=1S/C24H25N9O/c34-24(30-18-5-8-26-27-13-18)21-11-15-9-14(1-3-19(15)31-21)23-25-7-6-22(32-23)29-17-2-4-20-16(10-17)12-28-33-20/h1,3,5-9,11,13,16-17,20,28,31,33H,2,4,10,12H2,(H,25,29,32)(H,26,30,34). The van der Waals surface area contributed by atoms with Crippen LogP contribution in [0.3, 0.4) is 0 Å². The van der Waals surface area contributed by atoms with E-state index in [1.165, 1.54) is 12.4 Å². The third-order valence-electron chi connectivity index (χ3n) is 6.61. The molecule has 3 unspecified atom stereocenters. The van der Waals surface area contributed by atoms with Gasteiger partial charge < -0.3 is 15.6 Å². The number of H-pyrrole nitrogens is 1. The summed E-state index contributed by atoms with van der Waals surface area (Å²) in [5.41, 5.74) is 9.47. The molecule has 1 aliphatic heterocycles. The summed E-state index contributed by atoms with van der Waals surface area (Å²) in [6.45, 7) is 1.02. The molecule has 6 rings (SSSR count). The third-order valence-corrected chi connectivity index (χ3v) is 6.61. The van der Waals surface area contributed by atoms with Crippen LogP contribution in [0.25, 0.3) is 22.3 Å². The fourth-order valence-corrected chi connectivity index (χ4v) is 4.88. The number of carbonyl (C=O) groups excluding carboxylic acids is 1. The predicted molar refractivity (Wildman–Crippen MR) is 129 cm³/mol. The first-order valence-corrected chi connectivity index (χ1v) is 11.5. The summed E-state index contributed by atoms with van der Waals surface area (Å²) in [5, 5.41) is 14.8. The Morgan fingerprint density at radius 2 is 2.03 bits per heavy atom. The molecular formula is C24H25N9O. The summed E-state index contributed by atoms with van der Waals surface area (Å²) in [6, 6.07) is 12.3. The van der Waals surface area contributed by atoms with Crippen LogP contribution >= 0.6 is 0 Å². The van der Waals surface area contributed by atoms with Gasteiger partial charge in [0.25, 0.3) is 5.91 Å². The van der Waals surface area contributed by atoms with E-state index in [4.69, 9.17) is 4.98 Å². The number of hydrogen-bond donors (Lipinski definition) is 5. The number of aromatic amines is 1. The fourth-order valence-electron chi connectivity index (χ4n) is 4.88. The maximum atomic E-state index is 12.6. The molecule has 4 heterocycles. The van der Waals surface area contributed by atoms with E-state index in [2.05, 4.69) is 41.7 Å². The molecule has 2 fully saturated rings. The van der Waals surface area contributed by atoms with Crippen molar-refractivity contribution in [2.24, 2.45) is 5.92 Å². The van der Waals surface area contributed by atoms with E-state index in [1.54, 1.807) is 12.3 Å². The second-order valence-electron chi connectivity index (χ2n) is 8.88. The Labute approximate surface area is 196 Å². The highest BCUT2D eigenvalue weighted by Crippen LogP contribution is 2.29. The summed E-state index contributed by atoms with van der Waals surface area (Å²) in [7, 11) is 0. The Kier molecular flexibility index (Phi) is 5.36. The van der Waals surface area contributed by atoms with Crippen LogP contribution in [0.1, 0.15) is 29.8 Å². The van der Waals surface area contributed by atoms with Gasteiger partial charge in [-0.05, 0) is 61.6 Å². The van der Waals surface area contributed by atoms with E-state index in [9.17, 15) is 4.79 Å². The smallest absolute Gasteiger partial charge is 0.272 e. The van der Waals surface area contributed by atoms with Crippen molar-refractivity contribution in [1.29, 1.82) is 0 Å². The van der Waals surface area contributed by atoms with Gasteiger partial charge in [0.1, 0.15) is 11.5 Å². The summed E-state index contributed by atoms with van der Waals surface area (Å²) in [4.78, 5) is 25.0. The summed E-state index contributed by atoms with van der Waals surface area (Å²) in [6.07, 6.45) is 8.22. The van der Waals surface area contributed by atoms with Crippen LogP contribution in [0, 0.1) is 5.92 Å². The molecule has 3 aromatic heterocycles.